The number of benzene rings is 2. The zero-order chi connectivity index (χ0) is 17.1. The standard InChI is InChI=1S/C23H25N/c1-17(2)20-13-14-24(18(3)4)23(16-20)22-12-8-11-21(15-22)19-9-6-5-7-10-19/h5-17,23H,3H2,1-2,4H3. The van der Waals surface area contributed by atoms with E-state index in [-0.39, 0.29) is 6.04 Å². The topological polar surface area (TPSA) is 3.24 Å². The van der Waals surface area contributed by atoms with Crippen molar-refractivity contribution in [2.75, 3.05) is 0 Å². The van der Waals surface area contributed by atoms with Gasteiger partial charge in [-0.15, -0.1) is 0 Å². The summed E-state index contributed by atoms with van der Waals surface area (Å²) < 4.78 is 0. The summed E-state index contributed by atoms with van der Waals surface area (Å²) in [5.74, 6) is 0.522. The fraction of sp³-hybridized carbons (Fsp3) is 0.217. The van der Waals surface area contributed by atoms with Crippen LogP contribution in [0.2, 0.25) is 0 Å². The molecule has 1 nitrogen and oxygen atoms in total. The van der Waals surface area contributed by atoms with Crippen LogP contribution in [0.1, 0.15) is 32.4 Å². The summed E-state index contributed by atoms with van der Waals surface area (Å²) >= 11 is 0. The second kappa shape index (κ2) is 6.92. The minimum Gasteiger partial charge on any atom is -0.341 e. The van der Waals surface area contributed by atoms with E-state index < -0.39 is 0 Å². The van der Waals surface area contributed by atoms with E-state index in [1.165, 1.54) is 22.3 Å². The molecular weight excluding hydrogens is 290 g/mol. The highest BCUT2D eigenvalue weighted by molar-refractivity contribution is 5.64. The van der Waals surface area contributed by atoms with E-state index >= 15 is 0 Å². The van der Waals surface area contributed by atoms with Crippen molar-refractivity contribution < 1.29 is 0 Å². The zero-order valence-electron chi connectivity index (χ0n) is 14.7. The van der Waals surface area contributed by atoms with Crippen molar-refractivity contribution in [1.29, 1.82) is 0 Å². The lowest BCUT2D eigenvalue weighted by Gasteiger charge is -2.33. The molecule has 1 atom stereocenters. The highest BCUT2D eigenvalue weighted by Gasteiger charge is 2.21. The van der Waals surface area contributed by atoms with Crippen LogP contribution in [0.5, 0.6) is 0 Å². The Morgan fingerprint density at radius 2 is 1.71 bits per heavy atom. The van der Waals surface area contributed by atoms with Gasteiger partial charge in [0.1, 0.15) is 0 Å². The van der Waals surface area contributed by atoms with Crippen LogP contribution in [-0.2, 0) is 0 Å². The molecule has 0 radical (unpaired) electrons. The summed E-state index contributed by atoms with van der Waals surface area (Å²) in [4.78, 5) is 2.25. The quantitative estimate of drug-likeness (QED) is 0.636. The van der Waals surface area contributed by atoms with Crippen molar-refractivity contribution in [3.05, 3.63) is 96.4 Å². The highest BCUT2D eigenvalue weighted by atomic mass is 15.1. The van der Waals surface area contributed by atoms with Crippen LogP contribution in [0.15, 0.2) is 90.8 Å². The summed E-state index contributed by atoms with van der Waals surface area (Å²) in [6, 6.07) is 19.6. The van der Waals surface area contributed by atoms with E-state index in [1.807, 2.05) is 0 Å². The lowest BCUT2D eigenvalue weighted by Crippen LogP contribution is -2.23. The summed E-state index contributed by atoms with van der Waals surface area (Å²) in [6.45, 7) is 10.7. The second-order valence-corrected chi connectivity index (χ2v) is 6.72. The molecule has 0 bridgehead atoms. The zero-order valence-corrected chi connectivity index (χ0v) is 14.7. The van der Waals surface area contributed by atoms with E-state index in [1.54, 1.807) is 0 Å². The Kier molecular flexibility index (Phi) is 4.71. The van der Waals surface area contributed by atoms with Gasteiger partial charge in [-0.1, -0.05) is 75.0 Å². The molecule has 3 rings (SSSR count). The average molecular weight is 315 g/mol. The summed E-state index contributed by atoms with van der Waals surface area (Å²) in [6.07, 6.45) is 6.73. The van der Waals surface area contributed by atoms with Gasteiger partial charge in [-0.2, -0.15) is 0 Å². The number of rotatable bonds is 4. The molecular formula is C23H25N. The number of hydrogen-bond acceptors (Lipinski definition) is 1. The van der Waals surface area contributed by atoms with E-state index in [9.17, 15) is 0 Å². The molecule has 1 unspecified atom stereocenters. The highest BCUT2D eigenvalue weighted by Crippen LogP contribution is 2.34. The molecule has 0 saturated heterocycles. The molecule has 0 spiro atoms. The van der Waals surface area contributed by atoms with Crippen LogP contribution in [0.3, 0.4) is 0 Å². The van der Waals surface area contributed by atoms with Gasteiger partial charge < -0.3 is 4.90 Å². The predicted molar refractivity (Wildman–Crippen MR) is 103 cm³/mol. The lowest BCUT2D eigenvalue weighted by atomic mass is 9.92. The molecule has 0 aliphatic carbocycles. The summed E-state index contributed by atoms with van der Waals surface area (Å²) in [5, 5.41) is 0. The van der Waals surface area contributed by atoms with Gasteiger partial charge in [-0.05, 0) is 47.2 Å². The molecule has 1 heteroatoms. The Labute approximate surface area is 145 Å². The third-order valence-corrected chi connectivity index (χ3v) is 4.52. The first-order valence-electron chi connectivity index (χ1n) is 8.55. The summed E-state index contributed by atoms with van der Waals surface area (Å²) in [7, 11) is 0. The molecule has 1 aliphatic rings. The number of nitrogens with zero attached hydrogens (tertiary/aromatic N) is 1. The molecule has 24 heavy (non-hydrogen) atoms. The molecule has 0 fully saturated rings. The van der Waals surface area contributed by atoms with Gasteiger partial charge in [0.15, 0.2) is 0 Å². The van der Waals surface area contributed by atoms with E-state index in [0.29, 0.717) is 5.92 Å². The van der Waals surface area contributed by atoms with Crippen molar-refractivity contribution in [2.45, 2.75) is 26.8 Å². The number of allylic oxidation sites excluding steroid dienone is 3. The maximum absolute atomic E-state index is 4.15. The largest absolute Gasteiger partial charge is 0.341 e. The molecule has 0 amide bonds. The van der Waals surface area contributed by atoms with Crippen molar-refractivity contribution in [3.63, 3.8) is 0 Å². The first-order valence-corrected chi connectivity index (χ1v) is 8.55. The predicted octanol–water partition coefficient (Wildman–Crippen LogP) is 6.34. The SMILES string of the molecule is C=C(C)N1C=CC(C(C)C)=CC1c1cccc(-c2ccccc2)c1. The van der Waals surface area contributed by atoms with E-state index in [2.05, 4.69) is 105 Å². The van der Waals surface area contributed by atoms with Gasteiger partial charge in [-0.3, -0.25) is 0 Å². The Morgan fingerprint density at radius 1 is 1.00 bits per heavy atom. The molecule has 1 aliphatic heterocycles. The summed E-state index contributed by atoms with van der Waals surface area (Å²) in [5.41, 5.74) is 6.23. The third kappa shape index (κ3) is 3.35. The normalized spacial score (nSPS) is 17.1. The maximum atomic E-state index is 4.15. The van der Waals surface area contributed by atoms with Crippen LogP contribution < -0.4 is 0 Å². The van der Waals surface area contributed by atoms with Gasteiger partial charge in [0.05, 0.1) is 6.04 Å². The molecule has 122 valence electrons. The van der Waals surface area contributed by atoms with Crippen molar-refractivity contribution >= 4 is 0 Å². The maximum Gasteiger partial charge on any atom is 0.0772 e. The van der Waals surface area contributed by atoms with Crippen molar-refractivity contribution in [1.82, 2.24) is 4.90 Å². The van der Waals surface area contributed by atoms with Gasteiger partial charge in [0.25, 0.3) is 0 Å². The van der Waals surface area contributed by atoms with Crippen LogP contribution in [-0.4, -0.2) is 4.90 Å². The smallest absolute Gasteiger partial charge is 0.0772 e. The average Bonchev–Trinajstić information content (AvgIpc) is 2.62. The molecule has 2 aromatic rings. The Balaban J connectivity index is 2.02. The van der Waals surface area contributed by atoms with Crippen LogP contribution in [0, 0.1) is 5.92 Å². The second-order valence-electron chi connectivity index (χ2n) is 6.72. The van der Waals surface area contributed by atoms with Crippen molar-refractivity contribution in [3.8, 4) is 11.1 Å². The van der Waals surface area contributed by atoms with Gasteiger partial charge in [0, 0.05) is 11.9 Å². The van der Waals surface area contributed by atoms with Crippen LogP contribution >= 0.6 is 0 Å². The molecule has 0 N–H and O–H groups in total. The first kappa shape index (κ1) is 16.3. The molecule has 0 saturated carbocycles. The Bertz CT molecular complexity index is 781. The third-order valence-electron chi connectivity index (χ3n) is 4.52. The molecule has 1 heterocycles. The van der Waals surface area contributed by atoms with Gasteiger partial charge in [0.2, 0.25) is 0 Å². The molecule has 0 aromatic heterocycles. The minimum atomic E-state index is 0.202. The monoisotopic (exact) mass is 315 g/mol. The fourth-order valence-corrected chi connectivity index (χ4v) is 3.12. The van der Waals surface area contributed by atoms with E-state index in [0.717, 1.165) is 5.70 Å². The molecule has 2 aromatic carbocycles. The van der Waals surface area contributed by atoms with E-state index in [4.69, 9.17) is 0 Å². The van der Waals surface area contributed by atoms with Crippen LogP contribution in [0.25, 0.3) is 11.1 Å². The van der Waals surface area contributed by atoms with Gasteiger partial charge in [-0.25, -0.2) is 0 Å². The minimum absolute atomic E-state index is 0.202. The lowest BCUT2D eigenvalue weighted by molar-refractivity contribution is 0.395. The van der Waals surface area contributed by atoms with Crippen LogP contribution in [0.4, 0.5) is 0 Å². The Morgan fingerprint density at radius 3 is 2.38 bits per heavy atom. The fourth-order valence-electron chi connectivity index (χ4n) is 3.12. The Hall–Kier alpha value is -2.54. The van der Waals surface area contributed by atoms with Gasteiger partial charge >= 0.3 is 0 Å². The van der Waals surface area contributed by atoms with Crippen molar-refractivity contribution in [2.24, 2.45) is 5.92 Å². The number of hydrogen-bond donors (Lipinski definition) is 0. The first-order chi connectivity index (χ1) is 11.6.